The summed E-state index contributed by atoms with van der Waals surface area (Å²) < 4.78 is 7.24. The molecular weight excluding hydrogens is 370 g/mol. The number of carbonyl (C=O) groups is 1. The summed E-state index contributed by atoms with van der Waals surface area (Å²) in [5.74, 6) is 0.223. The molecule has 0 aliphatic heterocycles. The highest BCUT2D eigenvalue weighted by molar-refractivity contribution is 8.00. The summed E-state index contributed by atoms with van der Waals surface area (Å²) in [5.41, 5.74) is 0.881. The first-order valence-corrected chi connectivity index (χ1v) is 8.91. The van der Waals surface area contributed by atoms with Crippen LogP contribution in [0.4, 0.5) is 0 Å². The fourth-order valence-electron chi connectivity index (χ4n) is 1.98. The summed E-state index contributed by atoms with van der Waals surface area (Å²) in [6.07, 6.45) is 3.44. The van der Waals surface area contributed by atoms with Gasteiger partial charge in [-0.25, -0.2) is 9.78 Å². The Morgan fingerprint density at radius 2 is 2.29 bits per heavy atom. The number of ether oxygens (including phenoxy) is 1. The molecule has 0 saturated carbocycles. The highest BCUT2D eigenvalue weighted by Crippen LogP contribution is 2.35. The molecule has 0 spiro atoms. The van der Waals surface area contributed by atoms with Gasteiger partial charge in [-0.1, -0.05) is 22.9 Å². The number of nitrogens with zero attached hydrogens (tertiary/aromatic N) is 5. The summed E-state index contributed by atoms with van der Waals surface area (Å²) in [6.45, 7) is 2.69. The maximum absolute atomic E-state index is 11.6. The van der Waals surface area contributed by atoms with Crippen LogP contribution in [0.5, 0.6) is 0 Å². The van der Waals surface area contributed by atoms with E-state index in [4.69, 9.17) is 11.6 Å². The molecule has 124 valence electrons. The van der Waals surface area contributed by atoms with E-state index < -0.39 is 5.97 Å². The lowest BCUT2D eigenvalue weighted by Gasteiger charge is -2.05. The van der Waals surface area contributed by atoms with Crippen molar-refractivity contribution in [3.05, 3.63) is 34.6 Å². The van der Waals surface area contributed by atoms with E-state index in [9.17, 15) is 4.79 Å². The van der Waals surface area contributed by atoms with Gasteiger partial charge >= 0.3 is 5.97 Å². The van der Waals surface area contributed by atoms with E-state index in [1.165, 1.54) is 18.9 Å². The van der Waals surface area contributed by atoms with Gasteiger partial charge < -0.3 is 9.30 Å². The molecule has 3 heterocycles. The predicted molar refractivity (Wildman–Crippen MR) is 91.5 cm³/mol. The third-order valence-electron chi connectivity index (χ3n) is 3.07. The lowest BCUT2D eigenvalue weighted by Crippen LogP contribution is -1.99. The molecule has 0 saturated heterocycles. The normalized spacial score (nSPS) is 10.8. The maximum Gasteiger partial charge on any atom is 0.351 e. The Morgan fingerprint density at radius 1 is 1.46 bits per heavy atom. The lowest BCUT2D eigenvalue weighted by atomic mass is 10.3. The van der Waals surface area contributed by atoms with Crippen molar-refractivity contribution in [2.24, 2.45) is 0 Å². The second-order valence-electron chi connectivity index (χ2n) is 4.49. The molecule has 0 aliphatic rings. The van der Waals surface area contributed by atoms with Crippen molar-refractivity contribution in [2.75, 3.05) is 7.11 Å². The number of methoxy groups -OCH3 is 1. The highest BCUT2D eigenvalue weighted by atomic mass is 35.5. The van der Waals surface area contributed by atoms with Crippen LogP contribution in [0.3, 0.4) is 0 Å². The molecule has 3 aromatic rings. The van der Waals surface area contributed by atoms with Crippen LogP contribution in [0.2, 0.25) is 5.15 Å². The number of carbonyl (C=O) groups excluding carboxylic acids is 1. The largest absolute Gasteiger partial charge is 0.465 e. The van der Waals surface area contributed by atoms with Gasteiger partial charge in [0, 0.05) is 24.5 Å². The van der Waals surface area contributed by atoms with E-state index >= 15 is 0 Å². The van der Waals surface area contributed by atoms with Gasteiger partial charge in [0.05, 0.1) is 7.11 Å². The van der Waals surface area contributed by atoms with Gasteiger partial charge in [0.2, 0.25) is 0 Å². The molecule has 10 heteroatoms. The molecule has 3 rings (SSSR count). The Morgan fingerprint density at radius 3 is 2.96 bits per heavy atom. The van der Waals surface area contributed by atoms with Crippen LogP contribution >= 0.6 is 34.7 Å². The minimum atomic E-state index is -0.502. The van der Waals surface area contributed by atoms with Crippen LogP contribution in [-0.4, -0.2) is 37.8 Å². The molecule has 0 unspecified atom stereocenters. The fraction of sp³-hybridized carbons (Fsp3) is 0.214. The van der Waals surface area contributed by atoms with Gasteiger partial charge in [-0.2, -0.15) is 0 Å². The Balaban J connectivity index is 1.91. The molecule has 0 fully saturated rings. The zero-order chi connectivity index (χ0) is 17.1. The number of halogens is 1. The van der Waals surface area contributed by atoms with E-state index in [0.29, 0.717) is 16.0 Å². The molecule has 0 amide bonds. The smallest absolute Gasteiger partial charge is 0.351 e. The Kier molecular flexibility index (Phi) is 5.12. The van der Waals surface area contributed by atoms with Gasteiger partial charge in [0.15, 0.2) is 25.4 Å². The zero-order valence-electron chi connectivity index (χ0n) is 12.8. The van der Waals surface area contributed by atoms with Crippen molar-refractivity contribution in [1.82, 2.24) is 24.7 Å². The van der Waals surface area contributed by atoms with Crippen LogP contribution in [0.1, 0.15) is 16.6 Å². The van der Waals surface area contributed by atoms with Crippen LogP contribution in [0, 0.1) is 0 Å². The summed E-state index contributed by atoms with van der Waals surface area (Å²) in [6, 6.07) is 3.77. The molecule has 3 aromatic heterocycles. The van der Waals surface area contributed by atoms with Gasteiger partial charge in [0.25, 0.3) is 0 Å². The number of esters is 1. The van der Waals surface area contributed by atoms with Crippen molar-refractivity contribution < 1.29 is 9.53 Å². The minimum Gasteiger partial charge on any atom is -0.465 e. The number of aromatic nitrogens is 5. The Bertz CT molecular complexity index is 865. The molecule has 0 aromatic carbocycles. The topological polar surface area (TPSA) is 82.8 Å². The summed E-state index contributed by atoms with van der Waals surface area (Å²) in [7, 11) is 1.30. The summed E-state index contributed by atoms with van der Waals surface area (Å²) in [5, 5.41) is 9.25. The molecule has 24 heavy (non-hydrogen) atoms. The second kappa shape index (κ2) is 7.29. The van der Waals surface area contributed by atoms with E-state index in [0.717, 1.165) is 22.7 Å². The fourth-order valence-corrected chi connectivity index (χ4v) is 4.31. The van der Waals surface area contributed by atoms with E-state index in [1.54, 1.807) is 12.4 Å². The summed E-state index contributed by atoms with van der Waals surface area (Å²) in [4.78, 5) is 20.2. The van der Waals surface area contributed by atoms with E-state index in [2.05, 4.69) is 24.9 Å². The molecule has 0 N–H and O–H groups in total. The second-order valence-corrected chi connectivity index (χ2v) is 7.06. The molecular formula is C14H12ClN5O2S2. The van der Waals surface area contributed by atoms with Crippen LogP contribution in [0.15, 0.2) is 34.0 Å². The van der Waals surface area contributed by atoms with Crippen LogP contribution < -0.4 is 0 Å². The Labute approximate surface area is 151 Å². The van der Waals surface area contributed by atoms with Gasteiger partial charge in [-0.3, -0.25) is 4.98 Å². The predicted octanol–water partition coefficient (Wildman–Crippen LogP) is 3.41. The average molecular weight is 382 g/mol. The van der Waals surface area contributed by atoms with Crippen LogP contribution in [-0.2, 0) is 11.3 Å². The number of thiazole rings is 1. The van der Waals surface area contributed by atoms with Crippen molar-refractivity contribution >= 4 is 40.7 Å². The molecule has 0 bridgehead atoms. The minimum absolute atomic E-state index is 0.129. The highest BCUT2D eigenvalue weighted by Gasteiger charge is 2.20. The first-order valence-electron chi connectivity index (χ1n) is 6.90. The Hall–Kier alpha value is -1.97. The van der Waals surface area contributed by atoms with Crippen LogP contribution in [0.25, 0.3) is 11.4 Å². The van der Waals surface area contributed by atoms with Crippen molar-refractivity contribution in [3.8, 4) is 11.4 Å². The molecule has 0 radical (unpaired) electrons. The third-order valence-corrected chi connectivity index (χ3v) is 5.53. The monoisotopic (exact) mass is 381 g/mol. The first kappa shape index (κ1) is 16.9. The number of pyridine rings is 1. The van der Waals surface area contributed by atoms with E-state index in [-0.39, 0.29) is 10.0 Å². The number of hydrogen-bond donors (Lipinski definition) is 0. The standard InChI is InChI=1S/C14H12ClN5O2S2/c1-3-20-11(8-5-4-6-16-7-8)18-19-13(20)24-14-17-10(15)9(23-14)12(21)22-2/h4-7H,3H2,1-2H3. The molecule has 7 nitrogen and oxygen atoms in total. The SMILES string of the molecule is CCn1c(Sc2nc(Cl)c(C(=O)OC)s2)nnc1-c1cccnc1. The lowest BCUT2D eigenvalue weighted by molar-refractivity contribution is 0.0606. The molecule has 0 aliphatic carbocycles. The maximum atomic E-state index is 11.6. The first-order chi connectivity index (χ1) is 11.6. The third kappa shape index (κ3) is 3.28. The van der Waals surface area contributed by atoms with Crippen molar-refractivity contribution in [2.45, 2.75) is 23.0 Å². The molecule has 0 atom stereocenters. The number of hydrogen-bond acceptors (Lipinski definition) is 8. The summed E-state index contributed by atoms with van der Waals surface area (Å²) >= 11 is 8.46. The average Bonchev–Trinajstić information content (AvgIpc) is 3.18. The van der Waals surface area contributed by atoms with Gasteiger partial charge in [-0.05, 0) is 30.8 Å². The van der Waals surface area contributed by atoms with Crippen molar-refractivity contribution in [3.63, 3.8) is 0 Å². The van der Waals surface area contributed by atoms with Gasteiger partial charge in [0.1, 0.15) is 0 Å². The quantitative estimate of drug-likeness (QED) is 0.626. The van der Waals surface area contributed by atoms with Crippen molar-refractivity contribution in [1.29, 1.82) is 0 Å². The van der Waals surface area contributed by atoms with E-state index in [1.807, 2.05) is 23.6 Å². The van der Waals surface area contributed by atoms with Gasteiger partial charge in [-0.15, -0.1) is 10.2 Å². The number of rotatable bonds is 5. The zero-order valence-corrected chi connectivity index (χ0v) is 15.2.